The summed E-state index contributed by atoms with van der Waals surface area (Å²) in [6.45, 7) is 0. The Morgan fingerprint density at radius 2 is 1.71 bits per heavy atom. The van der Waals surface area contributed by atoms with Crippen LogP contribution in [0.15, 0.2) is 48.5 Å². The first kappa shape index (κ1) is 16.6. The zero-order valence-corrected chi connectivity index (χ0v) is 14.2. The first-order chi connectivity index (χ1) is 11.7. The Morgan fingerprint density at radius 3 is 2.42 bits per heavy atom. The SMILES string of the molecule is COc1ccc(Oc2cccc(CC(=O)CC3CCCC3)c2)cc1. The van der Waals surface area contributed by atoms with Gasteiger partial charge in [-0.1, -0.05) is 37.8 Å². The van der Waals surface area contributed by atoms with Crippen molar-refractivity contribution in [1.82, 2.24) is 0 Å². The number of methoxy groups -OCH3 is 1. The summed E-state index contributed by atoms with van der Waals surface area (Å²) in [6, 6.07) is 15.3. The van der Waals surface area contributed by atoms with Gasteiger partial charge in [-0.2, -0.15) is 0 Å². The van der Waals surface area contributed by atoms with Crippen molar-refractivity contribution in [1.29, 1.82) is 0 Å². The molecule has 1 fully saturated rings. The minimum atomic E-state index is 0.337. The highest BCUT2D eigenvalue weighted by Gasteiger charge is 2.18. The zero-order chi connectivity index (χ0) is 16.8. The van der Waals surface area contributed by atoms with Crippen molar-refractivity contribution >= 4 is 5.78 Å². The van der Waals surface area contributed by atoms with Gasteiger partial charge in [0.25, 0.3) is 0 Å². The second kappa shape index (κ2) is 8.00. The monoisotopic (exact) mass is 324 g/mol. The minimum Gasteiger partial charge on any atom is -0.497 e. The highest BCUT2D eigenvalue weighted by Crippen LogP contribution is 2.29. The van der Waals surface area contributed by atoms with Gasteiger partial charge in [0.15, 0.2) is 0 Å². The fourth-order valence-electron chi connectivity index (χ4n) is 3.34. The molecule has 3 heteroatoms. The van der Waals surface area contributed by atoms with E-state index in [-0.39, 0.29) is 0 Å². The number of benzene rings is 2. The Balaban J connectivity index is 1.59. The largest absolute Gasteiger partial charge is 0.497 e. The molecule has 0 saturated heterocycles. The molecule has 0 bridgehead atoms. The summed E-state index contributed by atoms with van der Waals surface area (Å²) in [5, 5.41) is 0. The molecule has 3 rings (SSSR count). The molecule has 0 aromatic heterocycles. The van der Waals surface area contributed by atoms with Crippen LogP contribution < -0.4 is 9.47 Å². The van der Waals surface area contributed by atoms with Crippen LogP contribution in [-0.2, 0) is 11.2 Å². The van der Waals surface area contributed by atoms with Crippen LogP contribution in [0, 0.1) is 5.92 Å². The average Bonchev–Trinajstić information content (AvgIpc) is 3.08. The smallest absolute Gasteiger partial charge is 0.137 e. The molecule has 24 heavy (non-hydrogen) atoms. The number of ether oxygens (including phenoxy) is 2. The molecule has 0 N–H and O–H groups in total. The molecule has 0 amide bonds. The van der Waals surface area contributed by atoms with Crippen molar-refractivity contribution in [2.24, 2.45) is 5.92 Å². The number of carbonyl (C=O) groups excluding carboxylic acids is 1. The van der Waals surface area contributed by atoms with Crippen LogP contribution in [0.4, 0.5) is 0 Å². The van der Waals surface area contributed by atoms with Crippen LogP contribution in [0.3, 0.4) is 0 Å². The number of carbonyl (C=O) groups is 1. The lowest BCUT2D eigenvalue weighted by atomic mass is 9.97. The molecule has 0 spiro atoms. The summed E-state index contributed by atoms with van der Waals surface area (Å²) in [7, 11) is 1.64. The van der Waals surface area contributed by atoms with Gasteiger partial charge in [0.05, 0.1) is 7.11 Å². The summed E-state index contributed by atoms with van der Waals surface area (Å²) in [5.74, 6) is 3.25. The van der Waals surface area contributed by atoms with Crippen molar-refractivity contribution in [2.75, 3.05) is 7.11 Å². The second-order valence-corrected chi connectivity index (χ2v) is 6.50. The standard InChI is InChI=1S/C21H24O3/c1-23-19-9-11-20(12-10-19)24-21-8-4-7-17(15-21)14-18(22)13-16-5-2-3-6-16/h4,7-12,15-16H,2-3,5-6,13-14H2,1H3. The fourth-order valence-corrected chi connectivity index (χ4v) is 3.34. The molecule has 2 aromatic carbocycles. The predicted molar refractivity (Wildman–Crippen MR) is 94.8 cm³/mol. The molecule has 0 radical (unpaired) electrons. The van der Waals surface area contributed by atoms with Gasteiger partial charge in [-0.3, -0.25) is 4.79 Å². The van der Waals surface area contributed by atoms with Gasteiger partial charge in [0.2, 0.25) is 0 Å². The number of ketones is 1. The van der Waals surface area contributed by atoms with E-state index in [9.17, 15) is 4.79 Å². The van der Waals surface area contributed by atoms with E-state index in [2.05, 4.69) is 0 Å². The van der Waals surface area contributed by atoms with Gasteiger partial charge < -0.3 is 9.47 Å². The van der Waals surface area contributed by atoms with E-state index in [0.717, 1.165) is 29.2 Å². The van der Waals surface area contributed by atoms with E-state index in [1.807, 2.05) is 48.5 Å². The van der Waals surface area contributed by atoms with E-state index in [4.69, 9.17) is 9.47 Å². The molecule has 126 valence electrons. The number of hydrogen-bond donors (Lipinski definition) is 0. The lowest BCUT2D eigenvalue weighted by molar-refractivity contribution is -0.119. The second-order valence-electron chi connectivity index (χ2n) is 6.50. The number of Topliss-reactive ketones (excluding diaryl/α,β-unsaturated/α-hetero) is 1. The van der Waals surface area contributed by atoms with Gasteiger partial charge in [-0.15, -0.1) is 0 Å². The zero-order valence-electron chi connectivity index (χ0n) is 14.2. The molecule has 0 heterocycles. The normalized spacial score (nSPS) is 14.5. The van der Waals surface area contributed by atoms with Gasteiger partial charge >= 0.3 is 0 Å². The maximum Gasteiger partial charge on any atom is 0.137 e. The van der Waals surface area contributed by atoms with Gasteiger partial charge in [0, 0.05) is 12.8 Å². The van der Waals surface area contributed by atoms with Crippen molar-refractivity contribution < 1.29 is 14.3 Å². The Kier molecular flexibility index (Phi) is 5.52. The topological polar surface area (TPSA) is 35.5 Å². The molecule has 1 aliphatic carbocycles. The molecule has 0 aliphatic heterocycles. The molecule has 0 atom stereocenters. The van der Waals surface area contributed by atoms with E-state index in [1.54, 1.807) is 7.11 Å². The lowest BCUT2D eigenvalue weighted by Crippen LogP contribution is -2.08. The molecule has 1 aliphatic rings. The van der Waals surface area contributed by atoms with Crippen molar-refractivity contribution in [3.05, 3.63) is 54.1 Å². The summed E-state index contributed by atoms with van der Waals surface area (Å²) in [5.41, 5.74) is 1.02. The Labute approximate surface area is 143 Å². The van der Waals surface area contributed by atoms with Gasteiger partial charge in [-0.25, -0.2) is 0 Å². The van der Waals surface area contributed by atoms with E-state index < -0.39 is 0 Å². The van der Waals surface area contributed by atoms with E-state index in [0.29, 0.717) is 18.1 Å². The average molecular weight is 324 g/mol. The number of hydrogen-bond acceptors (Lipinski definition) is 3. The van der Waals surface area contributed by atoms with Crippen LogP contribution in [0.5, 0.6) is 17.2 Å². The molecular formula is C21H24O3. The van der Waals surface area contributed by atoms with Crippen LogP contribution in [0.1, 0.15) is 37.7 Å². The third kappa shape index (κ3) is 4.60. The quantitative estimate of drug-likeness (QED) is 0.704. The highest BCUT2D eigenvalue weighted by atomic mass is 16.5. The summed E-state index contributed by atoms with van der Waals surface area (Å²) in [4.78, 5) is 12.3. The third-order valence-corrected chi connectivity index (χ3v) is 4.59. The Bertz CT molecular complexity index is 670. The predicted octanol–water partition coefficient (Wildman–Crippen LogP) is 5.18. The van der Waals surface area contributed by atoms with Crippen LogP contribution in [-0.4, -0.2) is 12.9 Å². The first-order valence-corrected chi connectivity index (χ1v) is 8.65. The van der Waals surface area contributed by atoms with Crippen LogP contribution in [0.25, 0.3) is 0 Å². The van der Waals surface area contributed by atoms with Gasteiger partial charge in [-0.05, 0) is 47.9 Å². The molecule has 2 aromatic rings. The summed E-state index contributed by atoms with van der Waals surface area (Å²) < 4.78 is 11.0. The third-order valence-electron chi connectivity index (χ3n) is 4.59. The van der Waals surface area contributed by atoms with Crippen molar-refractivity contribution in [3.8, 4) is 17.2 Å². The van der Waals surface area contributed by atoms with Gasteiger partial charge in [0.1, 0.15) is 23.0 Å². The fraction of sp³-hybridized carbons (Fsp3) is 0.381. The Hall–Kier alpha value is -2.29. The first-order valence-electron chi connectivity index (χ1n) is 8.65. The number of rotatable bonds is 7. The minimum absolute atomic E-state index is 0.337. The maximum atomic E-state index is 12.3. The van der Waals surface area contributed by atoms with Crippen molar-refractivity contribution in [2.45, 2.75) is 38.5 Å². The van der Waals surface area contributed by atoms with E-state index >= 15 is 0 Å². The molecule has 3 nitrogen and oxygen atoms in total. The molecular weight excluding hydrogens is 300 g/mol. The van der Waals surface area contributed by atoms with Crippen molar-refractivity contribution in [3.63, 3.8) is 0 Å². The van der Waals surface area contributed by atoms with E-state index in [1.165, 1.54) is 25.7 Å². The molecule has 0 unspecified atom stereocenters. The Morgan fingerprint density at radius 1 is 1.00 bits per heavy atom. The maximum absolute atomic E-state index is 12.3. The highest BCUT2D eigenvalue weighted by molar-refractivity contribution is 5.81. The molecule has 1 saturated carbocycles. The van der Waals surface area contributed by atoms with Crippen LogP contribution in [0.2, 0.25) is 0 Å². The summed E-state index contributed by atoms with van der Waals surface area (Å²) >= 11 is 0. The van der Waals surface area contributed by atoms with Crippen LogP contribution >= 0.6 is 0 Å². The summed E-state index contributed by atoms with van der Waals surface area (Å²) in [6.07, 6.45) is 6.21. The lowest BCUT2D eigenvalue weighted by Gasteiger charge is -2.10.